The summed E-state index contributed by atoms with van der Waals surface area (Å²) in [6.45, 7) is 2.12. The van der Waals surface area contributed by atoms with Crippen LogP contribution in [0, 0.1) is 6.92 Å². The predicted molar refractivity (Wildman–Crippen MR) is 105 cm³/mol. The highest BCUT2D eigenvalue weighted by molar-refractivity contribution is 6.05. The van der Waals surface area contributed by atoms with Gasteiger partial charge in [-0.15, -0.1) is 0 Å². The van der Waals surface area contributed by atoms with Gasteiger partial charge >= 0.3 is 5.97 Å². The number of carbonyl (C=O) groups is 2. The Hall–Kier alpha value is -3.60. The quantitative estimate of drug-likeness (QED) is 0.335. The first-order valence-electron chi connectivity index (χ1n) is 8.75. The second kappa shape index (κ2) is 8.86. The molecule has 0 N–H and O–H groups in total. The van der Waals surface area contributed by atoms with E-state index in [1.165, 1.54) is 13.2 Å². The molecule has 0 bridgehead atoms. The van der Waals surface area contributed by atoms with Gasteiger partial charge in [0.15, 0.2) is 5.76 Å². The van der Waals surface area contributed by atoms with Crippen molar-refractivity contribution in [3.8, 4) is 5.75 Å². The normalized spacial score (nSPS) is 10.8. The minimum Gasteiger partial charge on any atom is -0.488 e. The van der Waals surface area contributed by atoms with Crippen LogP contribution in [0.2, 0.25) is 0 Å². The number of hydrogen-bond acceptors (Lipinski definition) is 5. The van der Waals surface area contributed by atoms with Crippen molar-refractivity contribution >= 4 is 17.8 Å². The maximum atomic E-state index is 12.2. The van der Waals surface area contributed by atoms with Crippen molar-refractivity contribution in [2.75, 3.05) is 7.11 Å². The monoisotopic (exact) mass is 376 g/mol. The summed E-state index contributed by atoms with van der Waals surface area (Å²) in [7, 11) is 1.35. The Balaban J connectivity index is 1.67. The lowest BCUT2D eigenvalue weighted by Gasteiger charge is -2.09. The molecule has 0 unspecified atom stereocenters. The SMILES string of the molecule is COC(=O)c1ccc(COc2ccccc2/C=C/C(=O)c2ccc(C)o2)cc1. The topological polar surface area (TPSA) is 65.7 Å². The lowest BCUT2D eigenvalue weighted by atomic mass is 10.1. The van der Waals surface area contributed by atoms with Crippen LogP contribution in [0.4, 0.5) is 0 Å². The van der Waals surface area contributed by atoms with E-state index in [1.807, 2.05) is 36.4 Å². The largest absolute Gasteiger partial charge is 0.488 e. The average Bonchev–Trinajstić information content (AvgIpc) is 3.17. The molecule has 0 aliphatic rings. The van der Waals surface area contributed by atoms with Crippen LogP contribution in [0.3, 0.4) is 0 Å². The molecule has 0 aliphatic carbocycles. The first-order valence-corrected chi connectivity index (χ1v) is 8.75. The van der Waals surface area contributed by atoms with Crippen LogP contribution in [-0.4, -0.2) is 18.9 Å². The zero-order chi connectivity index (χ0) is 19.9. The fourth-order valence-corrected chi connectivity index (χ4v) is 2.58. The van der Waals surface area contributed by atoms with E-state index in [4.69, 9.17) is 9.15 Å². The van der Waals surface area contributed by atoms with Crippen LogP contribution in [0.15, 0.2) is 71.2 Å². The number of esters is 1. The van der Waals surface area contributed by atoms with Gasteiger partial charge in [-0.2, -0.15) is 0 Å². The minimum absolute atomic E-state index is 0.207. The van der Waals surface area contributed by atoms with E-state index in [9.17, 15) is 9.59 Å². The van der Waals surface area contributed by atoms with Crippen LogP contribution in [-0.2, 0) is 11.3 Å². The maximum absolute atomic E-state index is 12.2. The molecule has 0 atom stereocenters. The molecule has 5 heteroatoms. The number of ketones is 1. The molecule has 0 spiro atoms. The highest BCUT2D eigenvalue weighted by Gasteiger charge is 2.08. The lowest BCUT2D eigenvalue weighted by Crippen LogP contribution is -2.02. The number of rotatable bonds is 7. The van der Waals surface area contributed by atoms with E-state index < -0.39 is 0 Å². The molecule has 1 heterocycles. The molecule has 0 saturated heterocycles. The van der Waals surface area contributed by atoms with Gasteiger partial charge in [-0.3, -0.25) is 4.79 Å². The summed E-state index contributed by atoms with van der Waals surface area (Å²) in [5, 5.41) is 0. The number of allylic oxidation sites excluding steroid dienone is 1. The molecule has 5 nitrogen and oxygen atoms in total. The van der Waals surface area contributed by atoms with Crippen molar-refractivity contribution in [2.45, 2.75) is 13.5 Å². The van der Waals surface area contributed by atoms with Crippen molar-refractivity contribution in [3.63, 3.8) is 0 Å². The third-order valence-electron chi connectivity index (χ3n) is 4.09. The summed E-state index contributed by atoms with van der Waals surface area (Å²) in [6, 6.07) is 17.9. The van der Waals surface area contributed by atoms with E-state index in [2.05, 4.69) is 4.74 Å². The molecule has 2 aromatic carbocycles. The molecule has 0 saturated carbocycles. The number of methoxy groups -OCH3 is 1. The Kier molecular flexibility index (Phi) is 6.07. The van der Waals surface area contributed by atoms with Crippen molar-refractivity contribution in [1.29, 1.82) is 0 Å². The van der Waals surface area contributed by atoms with E-state index in [0.29, 0.717) is 29.4 Å². The summed E-state index contributed by atoms with van der Waals surface area (Å²) < 4.78 is 15.9. The van der Waals surface area contributed by atoms with Crippen LogP contribution in [0.5, 0.6) is 5.75 Å². The standard InChI is InChI=1S/C23H20O5/c1-16-7-14-22(28-16)20(24)13-12-18-5-3-4-6-21(18)27-15-17-8-10-19(11-9-17)23(25)26-2/h3-14H,15H2,1-2H3/b13-12+. The molecule has 0 aliphatic heterocycles. The number of benzene rings is 2. The zero-order valence-corrected chi connectivity index (χ0v) is 15.7. The number of ether oxygens (including phenoxy) is 2. The molecular formula is C23H20O5. The molecule has 142 valence electrons. The molecule has 0 radical (unpaired) electrons. The van der Waals surface area contributed by atoms with Crippen molar-refractivity contribution in [1.82, 2.24) is 0 Å². The third-order valence-corrected chi connectivity index (χ3v) is 4.09. The van der Waals surface area contributed by atoms with E-state index in [0.717, 1.165) is 11.1 Å². The highest BCUT2D eigenvalue weighted by atomic mass is 16.5. The summed E-state index contributed by atoms with van der Waals surface area (Å²) in [5.74, 6) is 1.07. The Morgan fingerprint density at radius 2 is 1.75 bits per heavy atom. The van der Waals surface area contributed by atoms with Gasteiger partial charge in [-0.1, -0.05) is 30.3 Å². The third kappa shape index (κ3) is 4.76. The Bertz CT molecular complexity index is 996. The van der Waals surface area contributed by atoms with Gasteiger partial charge in [0.1, 0.15) is 18.1 Å². The van der Waals surface area contributed by atoms with Gasteiger partial charge in [0.2, 0.25) is 5.78 Å². The second-order valence-corrected chi connectivity index (χ2v) is 6.12. The van der Waals surface area contributed by atoms with Crippen molar-refractivity contribution in [3.05, 3.63) is 95.0 Å². The Morgan fingerprint density at radius 3 is 2.43 bits per heavy atom. The van der Waals surface area contributed by atoms with Gasteiger partial charge in [-0.25, -0.2) is 4.79 Å². The van der Waals surface area contributed by atoms with Gasteiger partial charge in [0.25, 0.3) is 0 Å². The number of hydrogen-bond donors (Lipinski definition) is 0. The van der Waals surface area contributed by atoms with Crippen LogP contribution >= 0.6 is 0 Å². The smallest absolute Gasteiger partial charge is 0.337 e. The van der Waals surface area contributed by atoms with Crippen LogP contribution in [0.1, 0.15) is 37.8 Å². The van der Waals surface area contributed by atoms with Gasteiger partial charge in [0.05, 0.1) is 12.7 Å². The summed E-state index contributed by atoms with van der Waals surface area (Å²) in [4.78, 5) is 23.7. The lowest BCUT2D eigenvalue weighted by molar-refractivity contribution is 0.0600. The van der Waals surface area contributed by atoms with Gasteiger partial charge in [0, 0.05) is 5.56 Å². The Labute approximate surface area is 163 Å². The molecule has 3 rings (SSSR count). The number of para-hydroxylation sites is 1. The minimum atomic E-state index is -0.376. The van der Waals surface area contributed by atoms with Crippen molar-refractivity contribution < 1.29 is 23.5 Å². The summed E-state index contributed by atoms with van der Waals surface area (Å²) >= 11 is 0. The fraction of sp³-hybridized carbons (Fsp3) is 0.130. The average molecular weight is 376 g/mol. The number of carbonyl (C=O) groups excluding carboxylic acids is 2. The predicted octanol–water partition coefficient (Wildman–Crippen LogP) is 4.85. The first kappa shape index (κ1) is 19.2. The molecule has 28 heavy (non-hydrogen) atoms. The number of aryl methyl sites for hydroxylation is 1. The number of furan rings is 1. The molecule has 0 amide bonds. The van der Waals surface area contributed by atoms with Crippen LogP contribution in [0.25, 0.3) is 6.08 Å². The van der Waals surface area contributed by atoms with Crippen molar-refractivity contribution in [2.24, 2.45) is 0 Å². The van der Waals surface area contributed by atoms with E-state index in [1.54, 1.807) is 37.3 Å². The van der Waals surface area contributed by atoms with Crippen LogP contribution < -0.4 is 4.74 Å². The second-order valence-electron chi connectivity index (χ2n) is 6.12. The highest BCUT2D eigenvalue weighted by Crippen LogP contribution is 2.21. The fourth-order valence-electron chi connectivity index (χ4n) is 2.58. The molecule has 1 aromatic heterocycles. The zero-order valence-electron chi connectivity index (χ0n) is 15.7. The van der Waals surface area contributed by atoms with Gasteiger partial charge in [-0.05, 0) is 55.0 Å². The first-order chi connectivity index (χ1) is 13.6. The maximum Gasteiger partial charge on any atom is 0.337 e. The summed E-state index contributed by atoms with van der Waals surface area (Å²) in [6.07, 6.45) is 3.17. The van der Waals surface area contributed by atoms with Gasteiger partial charge < -0.3 is 13.9 Å². The molecule has 0 fully saturated rings. The molecule has 3 aromatic rings. The van der Waals surface area contributed by atoms with E-state index >= 15 is 0 Å². The Morgan fingerprint density at radius 1 is 1.00 bits per heavy atom. The molecular weight excluding hydrogens is 356 g/mol. The van der Waals surface area contributed by atoms with E-state index in [-0.39, 0.29) is 11.8 Å². The summed E-state index contributed by atoms with van der Waals surface area (Å²) in [5.41, 5.74) is 2.18.